The summed E-state index contributed by atoms with van der Waals surface area (Å²) in [5.74, 6) is -0.379. The van der Waals surface area contributed by atoms with Gasteiger partial charge >= 0.3 is 0 Å². The molecule has 2 aromatic heterocycles. The molecule has 0 spiro atoms. The molecule has 0 bridgehead atoms. The van der Waals surface area contributed by atoms with Gasteiger partial charge in [0.15, 0.2) is 0 Å². The standard InChI is InChI=1S/C24H24ClFN4O/c1-16-11-17(2)30(28-16)10-9-27-14-20-12-18-7-8-21(26)13-23(18)29(24(20)31)15-19-5-3-4-6-22(19)25/h3-8,11-13,27H,9-10,14-15H2,1-2H3. The lowest BCUT2D eigenvalue weighted by molar-refractivity contribution is 0.540. The largest absolute Gasteiger partial charge is 0.311 e. The van der Waals surface area contributed by atoms with Crippen molar-refractivity contribution in [2.75, 3.05) is 6.54 Å². The fourth-order valence-corrected chi connectivity index (χ4v) is 3.99. The molecule has 1 N–H and O–H groups in total. The van der Waals surface area contributed by atoms with E-state index in [1.165, 1.54) is 12.1 Å². The average molecular weight is 439 g/mol. The number of nitrogens with one attached hydrogen (secondary N) is 1. The van der Waals surface area contributed by atoms with Gasteiger partial charge in [0.1, 0.15) is 5.82 Å². The van der Waals surface area contributed by atoms with E-state index in [2.05, 4.69) is 10.4 Å². The molecule has 0 saturated carbocycles. The number of aromatic nitrogens is 3. The van der Waals surface area contributed by atoms with Crippen LogP contribution in [0.2, 0.25) is 5.02 Å². The van der Waals surface area contributed by atoms with Gasteiger partial charge < -0.3 is 9.88 Å². The number of rotatable bonds is 7. The van der Waals surface area contributed by atoms with Crippen LogP contribution < -0.4 is 10.9 Å². The van der Waals surface area contributed by atoms with Crippen LogP contribution in [0.4, 0.5) is 4.39 Å². The summed E-state index contributed by atoms with van der Waals surface area (Å²) in [6, 6.07) is 15.8. The smallest absolute Gasteiger partial charge is 0.255 e. The average Bonchev–Trinajstić information content (AvgIpc) is 3.06. The van der Waals surface area contributed by atoms with Crippen LogP contribution in [0.5, 0.6) is 0 Å². The minimum atomic E-state index is -0.379. The minimum absolute atomic E-state index is 0.156. The molecule has 0 atom stereocenters. The van der Waals surface area contributed by atoms with Crippen molar-refractivity contribution in [1.29, 1.82) is 0 Å². The van der Waals surface area contributed by atoms with E-state index in [0.29, 0.717) is 35.7 Å². The molecule has 0 aliphatic carbocycles. The summed E-state index contributed by atoms with van der Waals surface area (Å²) in [5, 5.41) is 9.17. The molecular weight excluding hydrogens is 415 g/mol. The third kappa shape index (κ3) is 4.70. The number of hydrogen-bond donors (Lipinski definition) is 1. The lowest BCUT2D eigenvalue weighted by Gasteiger charge is -2.15. The number of nitrogens with zero attached hydrogens (tertiary/aromatic N) is 3. The molecule has 2 aromatic carbocycles. The van der Waals surface area contributed by atoms with Crippen molar-refractivity contribution < 1.29 is 4.39 Å². The second-order valence-electron chi connectivity index (χ2n) is 7.68. The summed E-state index contributed by atoms with van der Waals surface area (Å²) in [6.45, 7) is 6.07. The van der Waals surface area contributed by atoms with E-state index in [-0.39, 0.29) is 17.9 Å². The molecule has 0 aliphatic rings. The first-order valence-corrected chi connectivity index (χ1v) is 10.6. The van der Waals surface area contributed by atoms with Crippen molar-refractivity contribution in [1.82, 2.24) is 19.7 Å². The Hall–Kier alpha value is -2.96. The Kier molecular flexibility index (Phi) is 6.20. The second-order valence-corrected chi connectivity index (χ2v) is 8.09. The van der Waals surface area contributed by atoms with Crippen LogP contribution in [0.25, 0.3) is 10.9 Å². The van der Waals surface area contributed by atoms with Crippen LogP contribution in [0.15, 0.2) is 59.4 Å². The third-order valence-electron chi connectivity index (χ3n) is 5.34. The van der Waals surface area contributed by atoms with E-state index in [9.17, 15) is 9.18 Å². The van der Waals surface area contributed by atoms with Crippen LogP contribution in [0.3, 0.4) is 0 Å². The van der Waals surface area contributed by atoms with E-state index < -0.39 is 0 Å². The Morgan fingerprint density at radius 1 is 1.06 bits per heavy atom. The Morgan fingerprint density at radius 3 is 2.61 bits per heavy atom. The zero-order chi connectivity index (χ0) is 22.0. The van der Waals surface area contributed by atoms with Crippen molar-refractivity contribution in [2.24, 2.45) is 0 Å². The minimum Gasteiger partial charge on any atom is -0.311 e. The van der Waals surface area contributed by atoms with Gasteiger partial charge in [-0.25, -0.2) is 4.39 Å². The van der Waals surface area contributed by atoms with Gasteiger partial charge in [-0.1, -0.05) is 29.8 Å². The van der Waals surface area contributed by atoms with Gasteiger partial charge in [0.05, 0.1) is 24.3 Å². The van der Waals surface area contributed by atoms with Crippen molar-refractivity contribution in [3.63, 3.8) is 0 Å². The first-order valence-electron chi connectivity index (χ1n) is 10.2. The molecule has 0 unspecified atom stereocenters. The zero-order valence-corrected chi connectivity index (χ0v) is 18.3. The van der Waals surface area contributed by atoms with Crippen molar-refractivity contribution in [3.05, 3.63) is 98.3 Å². The molecular formula is C24H24ClFN4O. The Balaban J connectivity index is 1.61. The predicted molar refractivity (Wildman–Crippen MR) is 122 cm³/mol. The third-order valence-corrected chi connectivity index (χ3v) is 5.71. The number of halogens is 2. The first kappa shape index (κ1) is 21.3. The van der Waals surface area contributed by atoms with Gasteiger partial charge in [-0.3, -0.25) is 9.48 Å². The van der Waals surface area contributed by atoms with Gasteiger partial charge in [-0.2, -0.15) is 5.10 Å². The topological polar surface area (TPSA) is 51.9 Å². The van der Waals surface area contributed by atoms with Gasteiger partial charge in [0, 0.05) is 29.4 Å². The molecule has 0 amide bonds. The number of hydrogen-bond acceptors (Lipinski definition) is 3. The Bertz CT molecular complexity index is 1290. The highest BCUT2D eigenvalue weighted by Gasteiger charge is 2.12. The van der Waals surface area contributed by atoms with Gasteiger partial charge in [0.25, 0.3) is 5.56 Å². The normalized spacial score (nSPS) is 11.4. The van der Waals surface area contributed by atoms with E-state index in [0.717, 1.165) is 22.3 Å². The maximum Gasteiger partial charge on any atom is 0.255 e. The van der Waals surface area contributed by atoms with Crippen molar-refractivity contribution in [3.8, 4) is 0 Å². The van der Waals surface area contributed by atoms with Crippen LogP contribution in [0.1, 0.15) is 22.5 Å². The summed E-state index contributed by atoms with van der Waals surface area (Å²) in [7, 11) is 0. The summed E-state index contributed by atoms with van der Waals surface area (Å²) < 4.78 is 17.5. The summed E-state index contributed by atoms with van der Waals surface area (Å²) in [5.41, 5.74) is 3.93. The van der Waals surface area contributed by atoms with Gasteiger partial charge in [-0.15, -0.1) is 0 Å². The lowest BCUT2D eigenvalue weighted by Crippen LogP contribution is -2.29. The molecule has 0 fully saturated rings. The van der Waals surface area contributed by atoms with Crippen molar-refractivity contribution >= 4 is 22.5 Å². The zero-order valence-electron chi connectivity index (χ0n) is 17.5. The number of aryl methyl sites for hydroxylation is 2. The first-order chi connectivity index (χ1) is 14.9. The summed E-state index contributed by atoms with van der Waals surface area (Å²) in [6.07, 6.45) is 0. The number of pyridine rings is 1. The van der Waals surface area contributed by atoms with Crippen molar-refractivity contribution in [2.45, 2.75) is 33.5 Å². The summed E-state index contributed by atoms with van der Waals surface area (Å²) in [4.78, 5) is 13.3. The highest BCUT2D eigenvalue weighted by Crippen LogP contribution is 2.20. The molecule has 160 valence electrons. The van der Waals surface area contributed by atoms with Gasteiger partial charge in [-0.05, 0) is 61.2 Å². The maximum atomic E-state index is 13.9. The molecule has 4 aromatic rings. The molecule has 7 heteroatoms. The van der Waals surface area contributed by atoms with Crippen LogP contribution in [-0.4, -0.2) is 20.9 Å². The molecule has 4 rings (SSSR count). The monoisotopic (exact) mass is 438 g/mol. The molecule has 31 heavy (non-hydrogen) atoms. The Labute approximate surface area is 185 Å². The predicted octanol–water partition coefficient (Wildman–Crippen LogP) is 4.45. The van der Waals surface area contributed by atoms with E-state index in [1.54, 1.807) is 16.7 Å². The maximum absolute atomic E-state index is 13.9. The molecule has 0 radical (unpaired) electrons. The molecule has 2 heterocycles. The number of fused-ring (bicyclic) bond motifs is 1. The van der Waals surface area contributed by atoms with E-state index in [1.807, 2.05) is 48.9 Å². The fourth-order valence-electron chi connectivity index (χ4n) is 3.79. The highest BCUT2D eigenvalue weighted by molar-refractivity contribution is 6.31. The van der Waals surface area contributed by atoms with Crippen LogP contribution in [-0.2, 0) is 19.6 Å². The highest BCUT2D eigenvalue weighted by atomic mass is 35.5. The number of benzene rings is 2. The van der Waals surface area contributed by atoms with E-state index in [4.69, 9.17) is 11.6 Å². The fraction of sp³-hybridized carbons (Fsp3) is 0.250. The quantitative estimate of drug-likeness (QED) is 0.434. The SMILES string of the molecule is Cc1cc(C)n(CCNCc2cc3ccc(F)cc3n(Cc3ccccc3Cl)c2=O)n1. The van der Waals surface area contributed by atoms with Crippen LogP contribution in [0, 0.1) is 19.7 Å². The summed E-state index contributed by atoms with van der Waals surface area (Å²) >= 11 is 6.31. The Morgan fingerprint density at radius 2 is 1.87 bits per heavy atom. The molecule has 5 nitrogen and oxygen atoms in total. The van der Waals surface area contributed by atoms with Gasteiger partial charge in [0.2, 0.25) is 0 Å². The lowest BCUT2D eigenvalue weighted by atomic mass is 10.1. The molecule has 0 aliphatic heterocycles. The molecule has 0 saturated heterocycles. The van der Waals surface area contributed by atoms with E-state index >= 15 is 0 Å². The van der Waals surface area contributed by atoms with Crippen LogP contribution >= 0.6 is 11.6 Å². The second kappa shape index (κ2) is 9.04.